The maximum Gasteiger partial charge on any atom is 0.227 e. The molecule has 0 aliphatic carbocycles. The Labute approximate surface area is 170 Å². The number of likely N-dealkylation sites (N-methyl/N-ethyl adjacent to an activating group) is 1. The van der Waals surface area contributed by atoms with E-state index in [9.17, 15) is 4.79 Å². The number of nitrogens with zero attached hydrogens (tertiary/aromatic N) is 2. The van der Waals surface area contributed by atoms with E-state index in [1.54, 1.807) is 0 Å². The van der Waals surface area contributed by atoms with Crippen LogP contribution in [0.4, 0.5) is 0 Å². The lowest BCUT2D eigenvalue weighted by molar-refractivity contribution is -0.131. The lowest BCUT2D eigenvalue weighted by Crippen LogP contribution is -2.39. The molecule has 0 N–H and O–H groups in total. The smallest absolute Gasteiger partial charge is 0.227 e. The molecule has 3 nitrogen and oxygen atoms in total. The summed E-state index contributed by atoms with van der Waals surface area (Å²) in [6.45, 7) is 7.66. The standard InChI is InChI=1S/C25H34N2O/c1-20(2)17-21-11-13-22(14-12-21)18-25(28)26(3)24(19-27-15-7-8-16-27)23-9-5-4-6-10-23/h4-6,9-14,20,24H,7-8,15-19H2,1-3H3/t24-/m1/s1. The van der Waals surface area contributed by atoms with Crippen molar-refractivity contribution in [3.63, 3.8) is 0 Å². The fourth-order valence-electron chi connectivity index (χ4n) is 4.07. The van der Waals surface area contributed by atoms with E-state index in [0.717, 1.165) is 31.6 Å². The summed E-state index contributed by atoms with van der Waals surface area (Å²) in [7, 11) is 1.96. The fraction of sp³-hybridized carbons (Fsp3) is 0.480. The SMILES string of the molecule is CC(C)Cc1ccc(CC(=O)N(C)[C@H](CN2CCCC2)c2ccccc2)cc1. The molecule has 2 aromatic rings. The van der Waals surface area contributed by atoms with Gasteiger partial charge < -0.3 is 9.80 Å². The number of hydrogen-bond donors (Lipinski definition) is 0. The van der Waals surface area contributed by atoms with Crippen molar-refractivity contribution in [3.8, 4) is 0 Å². The van der Waals surface area contributed by atoms with Crippen molar-refractivity contribution >= 4 is 5.91 Å². The van der Waals surface area contributed by atoms with Gasteiger partial charge in [-0.1, -0.05) is 68.4 Å². The Hall–Kier alpha value is -2.13. The zero-order valence-corrected chi connectivity index (χ0v) is 17.6. The maximum atomic E-state index is 13.1. The van der Waals surface area contributed by atoms with Crippen molar-refractivity contribution in [3.05, 3.63) is 71.3 Å². The lowest BCUT2D eigenvalue weighted by Gasteiger charge is -2.32. The normalized spacial score (nSPS) is 15.7. The highest BCUT2D eigenvalue weighted by Crippen LogP contribution is 2.24. The molecule has 2 aromatic carbocycles. The summed E-state index contributed by atoms with van der Waals surface area (Å²) in [5, 5.41) is 0. The Morgan fingerprint density at radius 3 is 2.18 bits per heavy atom. The molecule has 150 valence electrons. The quantitative estimate of drug-likeness (QED) is 0.663. The molecule has 0 bridgehead atoms. The van der Waals surface area contributed by atoms with Gasteiger partial charge in [-0.25, -0.2) is 0 Å². The molecule has 0 saturated carbocycles. The first-order chi connectivity index (χ1) is 13.5. The summed E-state index contributed by atoms with van der Waals surface area (Å²) in [6.07, 6.45) is 4.08. The molecule has 1 atom stereocenters. The average molecular weight is 379 g/mol. The van der Waals surface area contributed by atoms with Crippen LogP contribution < -0.4 is 0 Å². The second kappa shape index (κ2) is 9.88. The molecule has 1 saturated heterocycles. The van der Waals surface area contributed by atoms with Gasteiger partial charge in [-0.3, -0.25) is 4.79 Å². The van der Waals surface area contributed by atoms with E-state index in [1.165, 1.54) is 24.0 Å². The number of rotatable bonds is 8. The van der Waals surface area contributed by atoms with Gasteiger partial charge in [0.25, 0.3) is 0 Å². The molecule has 3 heteroatoms. The molecule has 3 rings (SSSR count). The predicted molar refractivity (Wildman–Crippen MR) is 116 cm³/mol. The maximum absolute atomic E-state index is 13.1. The molecule has 1 heterocycles. The van der Waals surface area contributed by atoms with Crippen LogP contribution in [0.15, 0.2) is 54.6 Å². The van der Waals surface area contributed by atoms with Gasteiger partial charge in [0.15, 0.2) is 0 Å². The second-order valence-corrected chi connectivity index (χ2v) is 8.53. The summed E-state index contributed by atoms with van der Waals surface area (Å²) in [4.78, 5) is 17.5. The molecule has 1 amide bonds. The van der Waals surface area contributed by atoms with E-state index in [4.69, 9.17) is 0 Å². The van der Waals surface area contributed by atoms with Gasteiger partial charge in [-0.05, 0) is 55.0 Å². The Balaban J connectivity index is 1.68. The first-order valence-corrected chi connectivity index (χ1v) is 10.6. The monoisotopic (exact) mass is 378 g/mol. The molecule has 0 radical (unpaired) electrons. The van der Waals surface area contributed by atoms with Gasteiger partial charge in [0.2, 0.25) is 5.91 Å². The zero-order valence-electron chi connectivity index (χ0n) is 17.6. The Bertz CT molecular complexity index is 733. The van der Waals surface area contributed by atoms with Crippen molar-refractivity contribution in [1.82, 2.24) is 9.80 Å². The third-order valence-corrected chi connectivity index (χ3v) is 5.70. The molecule has 1 aliphatic heterocycles. The number of hydrogen-bond acceptors (Lipinski definition) is 2. The van der Waals surface area contributed by atoms with Crippen molar-refractivity contribution < 1.29 is 4.79 Å². The van der Waals surface area contributed by atoms with E-state index in [1.807, 2.05) is 18.0 Å². The Morgan fingerprint density at radius 1 is 0.964 bits per heavy atom. The Kier molecular flexibility index (Phi) is 7.27. The number of carbonyl (C=O) groups is 1. The highest BCUT2D eigenvalue weighted by molar-refractivity contribution is 5.79. The molecule has 0 unspecified atom stereocenters. The summed E-state index contributed by atoms with van der Waals surface area (Å²) < 4.78 is 0. The third-order valence-electron chi connectivity index (χ3n) is 5.70. The largest absolute Gasteiger partial charge is 0.337 e. The zero-order chi connectivity index (χ0) is 19.9. The Morgan fingerprint density at radius 2 is 1.57 bits per heavy atom. The molecular weight excluding hydrogens is 344 g/mol. The van der Waals surface area contributed by atoms with Gasteiger partial charge in [-0.15, -0.1) is 0 Å². The summed E-state index contributed by atoms with van der Waals surface area (Å²) >= 11 is 0. The van der Waals surface area contributed by atoms with E-state index in [2.05, 4.69) is 67.3 Å². The number of amides is 1. The highest BCUT2D eigenvalue weighted by Gasteiger charge is 2.25. The summed E-state index contributed by atoms with van der Waals surface area (Å²) in [5.41, 5.74) is 3.66. The van der Waals surface area contributed by atoms with Crippen LogP contribution in [0.25, 0.3) is 0 Å². The summed E-state index contributed by atoms with van der Waals surface area (Å²) in [6, 6.07) is 19.1. The molecule has 28 heavy (non-hydrogen) atoms. The first kappa shape index (κ1) is 20.6. The number of likely N-dealkylation sites (tertiary alicyclic amines) is 1. The molecule has 1 fully saturated rings. The van der Waals surface area contributed by atoms with Gasteiger partial charge in [0.1, 0.15) is 0 Å². The molecular formula is C25H34N2O. The number of benzene rings is 2. The summed E-state index contributed by atoms with van der Waals surface area (Å²) in [5.74, 6) is 0.834. The van der Waals surface area contributed by atoms with Crippen molar-refractivity contribution in [2.75, 3.05) is 26.7 Å². The van der Waals surface area contributed by atoms with Gasteiger partial charge in [0.05, 0.1) is 12.5 Å². The average Bonchev–Trinajstić information content (AvgIpc) is 3.20. The van der Waals surface area contributed by atoms with Crippen LogP contribution in [0.2, 0.25) is 0 Å². The minimum atomic E-state index is 0.104. The van der Waals surface area contributed by atoms with Crippen molar-refractivity contribution in [1.29, 1.82) is 0 Å². The number of carbonyl (C=O) groups excluding carboxylic acids is 1. The topological polar surface area (TPSA) is 23.6 Å². The van der Waals surface area contributed by atoms with Crippen LogP contribution in [0, 0.1) is 5.92 Å². The molecule has 0 spiro atoms. The van der Waals surface area contributed by atoms with E-state index < -0.39 is 0 Å². The van der Waals surface area contributed by atoms with Crippen LogP contribution in [-0.4, -0.2) is 42.4 Å². The molecule has 1 aliphatic rings. The lowest BCUT2D eigenvalue weighted by atomic mass is 10.0. The van der Waals surface area contributed by atoms with Crippen LogP contribution in [-0.2, 0) is 17.6 Å². The van der Waals surface area contributed by atoms with Crippen LogP contribution in [0.1, 0.15) is 49.4 Å². The minimum Gasteiger partial charge on any atom is -0.337 e. The minimum absolute atomic E-state index is 0.104. The fourth-order valence-corrected chi connectivity index (χ4v) is 4.07. The van der Waals surface area contributed by atoms with Gasteiger partial charge in [-0.2, -0.15) is 0 Å². The van der Waals surface area contributed by atoms with Gasteiger partial charge >= 0.3 is 0 Å². The van der Waals surface area contributed by atoms with E-state index in [0.29, 0.717) is 12.3 Å². The van der Waals surface area contributed by atoms with Crippen LogP contribution in [0.3, 0.4) is 0 Å². The van der Waals surface area contributed by atoms with E-state index in [-0.39, 0.29) is 11.9 Å². The van der Waals surface area contributed by atoms with Gasteiger partial charge in [0, 0.05) is 13.6 Å². The first-order valence-electron chi connectivity index (χ1n) is 10.6. The highest BCUT2D eigenvalue weighted by atomic mass is 16.2. The molecule has 0 aromatic heterocycles. The van der Waals surface area contributed by atoms with Crippen molar-refractivity contribution in [2.45, 2.75) is 45.6 Å². The van der Waals surface area contributed by atoms with Crippen molar-refractivity contribution in [2.24, 2.45) is 5.92 Å². The van der Waals surface area contributed by atoms with E-state index >= 15 is 0 Å². The third kappa shape index (κ3) is 5.68. The van der Waals surface area contributed by atoms with Crippen LogP contribution in [0.5, 0.6) is 0 Å². The second-order valence-electron chi connectivity index (χ2n) is 8.53. The predicted octanol–water partition coefficient (Wildman–Crippen LogP) is 4.72. The van der Waals surface area contributed by atoms with Crippen LogP contribution >= 0.6 is 0 Å².